The molecule has 0 aliphatic heterocycles. The lowest BCUT2D eigenvalue weighted by Crippen LogP contribution is -2.08. The van der Waals surface area contributed by atoms with Crippen molar-refractivity contribution in [2.75, 3.05) is 12.5 Å². The topological polar surface area (TPSA) is 29.4 Å². The van der Waals surface area contributed by atoms with Gasteiger partial charge in [-0.25, -0.2) is 8.57 Å². The summed E-state index contributed by atoms with van der Waals surface area (Å²) in [5, 5.41) is 0. The third-order valence-electron chi connectivity index (χ3n) is 1.20. The molecule has 3 heteroatoms. The highest BCUT2D eigenvalue weighted by Gasteiger charge is 2.14. The molecule has 2 nitrogen and oxygen atoms in total. The molecule has 0 atom stereocenters. The van der Waals surface area contributed by atoms with Gasteiger partial charge in [0.25, 0.3) is 0 Å². The van der Waals surface area contributed by atoms with Crippen molar-refractivity contribution in [1.29, 1.82) is 0 Å². The summed E-state index contributed by atoms with van der Waals surface area (Å²) in [7, 11) is -2.03. The van der Waals surface area contributed by atoms with Gasteiger partial charge in [0.15, 0.2) is 0 Å². The van der Waals surface area contributed by atoms with Crippen molar-refractivity contribution >= 4 is 9.73 Å². The van der Waals surface area contributed by atoms with Crippen LogP contribution in [0.2, 0.25) is 0 Å². The molecule has 66 valence electrons. The molecule has 0 spiro atoms. The predicted octanol–water partition coefficient (Wildman–Crippen LogP) is 2.27. The maximum atomic E-state index is 11.2. The second-order valence-electron chi connectivity index (χ2n) is 3.97. The van der Waals surface area contributed by atoms with Crippen LogP contribution in [-0.2, 0) is 9.73 Å². The van der Waals surface area contributed by atoms with E-state index in [-0.39, 0.29) is 5.41 Å². The SMILES string of the molecule is C=C(N=S(C)(C)=O)C(C)(C)C. The lowest BCUT2D eigenvalue weighted by atomic mass is 9.94. The van der Waals surface area contributed by atoms with Crippen LogP contribution in [0, 0.1) is 5.41 Å². The fraction of sp³-hybridized carbons (Fsp3) is 0.750. The smallest absolute Gasteiger partial charge is 0.0485 e. The Bertz CT molecular complexity index is 256. The van der Waals surface area contributed by atoms with Crippen molar-refractivity contribution in [2.24, 2.45) is 9.78 Å². The van der Waals surface area contributed by atoms with Gasteiger partial charge >= 0.3 is 0 Å². The molecule has 11 heavy (non-hydrogen) atoms. The molecule has 0 aromatic carbocycles. The van der Waals surface area contributed by atoms with Crippen molar-refractivity contribution in [1.82, 2.24) is 0 Å². The van der Waals surface area contributed by atoms with Gasteiger partial charge in [0.2, 0.25) is 0 Å². The van der Waals surface area contributed by atoms with E-state index in [2.05, 4.69) is 10.9 Å². The fourth-order valence-electron chi connectivity index (χ4n) is 0.402. The Hall–Kier alpha value is -0.310. The van der Waals surface area contributed by atoms with Gasteiger partial charge in [-0.2, -0.15) is 0 Å². The summed E-state index contributed by atoms with van der Waals surface area (Å²) in [6, 6.07) is 0. The molecule has 0 unspecified atom stereocenters. The Morgan fingerprint density at radius 2 is 1.73 bits per heavy atom. The van der Waals surface area contributed by atoms with Gasteiger partial charge in [0.05, 0.1) is 0 Å². The summed E-state index contributed by atoms with van der Waals surface area (Å²) in [4.78, 5) is 0. The molecule has 0 aromatic rings. The zero-order chi connectivity index (χ0) is 9.28. The van der Waals surface area contributed by atoms with Crippen molar-refractivity contribution in [3.8, 4) is 0 Å². The highest BCUT2D eigenvalue weighted by atomic mass is 32.2. The quantitative estimate of drug-likeness (QED) is 0.601. The molecule has 0 amide bonds. The minimum atomic E-state index is -2.03. The summed E-state index contributed by atoms with van der Waals surface area (Å²) in [5.41, 5.74) is 0.627. The van der Waals surface area contributed by atoms with E-state index in [1.54, 1.807) is 12.5 Å². The number of nitrogens with zero attached hydrogens (tertiary/aromatic N) is 1. The standard InChI is InChI=1S/C8H17NOS/c1-7(8(2,3)4)9-11(5,6)10/h1H2,2-6H3. The maximum absolute atomic E-state index is 11.2. The molecule has 0 fully saturated rings. The van der Waals surface area contributed by atoms with Gasteiger partial charge in [-0.1, -0.05) is 27.4 Å². The fourth-order valence-corrected chi connectivity index (χ4v) is 1.21. The summed E-state index contributed by atoms with van der Waals surface area (Å²) in [5.74, 6) is 0. The third-order valence-corrected chi connectivity index (χ3v) is 1.86. The van der Waals surface area contributed by atoms with E-state index in [9.17, 15) is 4.21 Å². The molecule has 0 saturated carbocycles. The normalized spacial score (nSPS) is 12.8. The Morgan fingerprint density at radius 3 is 1.82 bits per heavy atom. The number of rotatable bonds is 1. The van der Waals surface area contributed by atoms with E-state index in [0.717, 1.165) is 0 Å². The monoisotopic (exact) mass is 175 g/mol. The van der Waals surface area contributed by atoms with Crippen molar-refractivity contribution < 1.29 is 4.21 Å². The minimum absolute atomic E-state index is 0.0747. The Labute approximate surface area is 69.9 Å². The van der Waals surface area contributed by atoms with E-state index >= 15 is 0 Å². The van der Waals surface area contributed by atoms with E-state index < -0.39 is 9.73 Å². The lowest BCUT2D eigenvalue weighted by Gasteiger charge is -2.17. The van der Waals surface area contributed by atoms with Crippen LogP contribution in [0.15, 0.2) is 16.6 Å². The first-order valence-corrected chi connectivity index (χ1v) is 5.82. The number of hydrogen-bond acceptors (Lipinski definition) is 2. The van der Waals surface area contributed by atoms with Crippen LogP contribution in [-0.4, -0.2) is 16.7 Å². The molecule has 0 rings (SSSR count). The molecule has 0 aromatic heterocycles. The van der Waals surface area contributed by atoms with E-state index in [4.69, 9.17) is 0 Å². The van der Waals surface area contributed by atoms with Crippen LogP contribution in [0.25, 0.3) is 0 Å². The highest BCUT2D eigenvalue weighted by Crippen LogP contribution is 2.24. The zero-order valence-corrected chi connectivity index (χ0v) is 8.79. The average Bonchev–Trinajstić information content (AvgIpc) is 1.56. The summed E-state index contributed by atoms with van der Waals surface area (Å²) in [6.07, 6.45) is 3.23. The maximum Gasteiger partial charge on any atom is 0.0485 e. The van der Waals surface area contributed by atoms with Crippen molar-refractivity contribution in [3.05, 3.63) is 12.3 Å². The average molecular weight is 175 g/mol. The Balaban J connectivity index is 4.73. The van der Waals surface area contributed by atoms with Crippen LogP contribution in [0.5, 0.6) is 0 Å². The largest absolute Gasteiger partial charge is 0.250 e. The van der Waals surface area contributed by atoms with Gasteiger partial charge in [-0.15, -0.1) is 0 Å². The lowest BCUT2D eigenvalue weighted by molar-refractivity contribution is 0.501. The molecule has 0 heterocycles. The Morgan fingerprint density at radius 1 is 1.36 bits per heavy atom. The zero-order valence-electron chi connectivity index (χ0n) is 7.97. The van der Waals surface area contributed by atoms with Crippen molar-refractivity contribution in [2.45, 2.75) is 20.8 Å². The molecule has 0 N–H and O–H groups in total. The highest BCUT2D eigenvalue weighted by molar-refractivity contribution is 7.92. The third kappa shape index (κ3) is 5.01. The van der Waals surface area contributed by atoms with Crippen molar-refractivity contribution in [3.63, 3.8) is 0 Å². The molecule has 0 radical (unpaired) electrons. The van der Waals surface area contributed by atoms with Gasteiger partial charge in [0.1, 0.15) is 0 Å². The number of allylic oxidation sites excluding steroid dienone is 1. The second-order valence-corrected chi connectivity index (χ2v) is 6.51. The summed E-state index contributed by atoms with van der Waals surface area (Å²) >= 11 is 0. The first kappa shape index (κ1) is 10.7. The molecule has 0 aliphatic rings. The Kier molecular flexibility index (Phi) is 2.89. The van der Waals surface area contributed by atoms with Gasteiger partial charge in [-0.05, 0) is 0 Å². The van der Waals surface area contributed by atoms with E-state index in [0.29, 0.717) is 5.70 Å². The first-order chi connectivity index (χ1) is 4.63. The number of hydrogen-bond donors (Lipinski definition) is 0. The molecule has 0 saturated heterocycles. The van der Waals surface area contributed by atoms with Crippen LogP contribution < -0.4 is 0 Å². The van der Waals surface area contributed by atoms with Gasteiger partial charge < -0.3 is 0 Å². The van der Waals surface area contributed by atoms with Crippen LogP contribution in [0.4, 0.5) is 0 Å². The minimum Gasteiger partial charge on any atom is -0.250 e. The van der Waals surface area contributed by atoms with E-state index in [1.807, 2.05) is 20.8 Å². The second kappa shape index (κ2) is 2.97. The van der Waals surface area contributed by atoms with E-state index in [1.165, 1.54) is 0 Å². The molecular formula is C8H17NOS. The predicted molar refractivity (Wildman–Crippen MR) is 51.0 cm³/mol. The van der Waals surface area contributed by atoms with Gasteiger partial charge in [0, 0.05) is 33.4 Å². The first-order valence-electron chi connectivity index (χ1n) is 3.49. The summed E-state index contributed by atoms with van der Waals surface area (Å²) in [6.45, 7) is 9.78. The van der Waals surface area contributed by atoms with Crippen LogP contribution >= 0.6 is 0 Å². The van der Waals surface area contributed by atoms with Gasteiger partial charge in [-0.3, -0.25) is 0 Å². The van der Waals surface area contributed by atoms with Crippen LogP contribution in [0.1, 0.15) is 20.8 Å². The molecule has 0 aliphatic carbocycles. The molecule has 0 bridgehead atoms. The molecular weight excluding hydrogens is 158 g/mol. The van der Waals surface area contributed by atoms with Crippen LogP contribution in [0.3, 0.4) is 0 Å². The summed E-state index contributed by atoms with van der Waals surface area (Å²) < 4.78 is 15.2.